The minimum atomic E-state index is -4.33. The molecule has 0 aliphatic carbocycles. The van der Waals surface area contributed by atoms with Crippen LogP contribution in [0.3, 0.4) is 0 Å². The van der Waals surface area contributed by atoms with Crippen LogP contribution in [-0.2, 0) is 17.8 Å². The summed E-state index contributed by atoms with van der Waals surface area (Å²) in [4.78, 5) is 16.8. The molecule has 3 aromatic rings. The van der Waals surface area contributed by atoms with E-state index in [0.29, 0.717) is 23.5 Å². The zero-order valence-corrected chi connectivity index (χ0v) is 17.6. The summed E-state index contributed by atoms with van der Waals surface area (Å²) < 4.78 is 44.6. The minimum Gasteiger partial charge on any atom is -0.359 e. The molecule has 1 amide bonds. The molecule has 30 heavy (non-hydrogen) atoms. The number of anilines is 1. The SMILES string of the molecule is Cc1cc2c(cc(C)n2Cc2cc(CC(F)(F)F)no2)nc1NC(=O)CC(C)(C)C. The van der Waals surface area contributed by atoms with Gasteiger partial charge in [-0.25, -0.2) is 4.98 Å². The molecule has 0 saturated carbocycles. The third kappa shape index (κ3) is 5.40. The number of pyridine rings is 1. The molecule has 0 aliphatic heterocycles. The Balaban J connectivity index is 1.85. The van der Waals surface area contributed by atoms with Crippen LogP contribution in [0.5, 0.6) is 0 Å². The van der Waals surface area contributed by atoms with Crippen LogP contribution in [0.4, 0.5) is 19.0 Å². The van der Waals surface area contributed by atoms with Crippen molar-refractivity contribution in [1.82, 2.24) is 14.7 Å². The van der Waals surface area contributed by atoms with Gasteiger partial charge in [-0.1, -0.05) is 25.9 Å². The molecule has 0 aliphatic rings. The number of aromatic nitrogens is 3. The monoisotopic (exact) mass is 422 g/mol. The van der Waals surface area contributed by atoms with Gasteiger partial charge in [0.15, 0.2) is 5.76 Å². The van der Waals surface area contributed by atoms with Gasteiger partial charge in [-0.15, -0.1) is 0 Å². The molecule has 0 radical (unpaired) electrons. The van der Waals surface area contributed by atoms with Gasteiger partial charge in [0, 0.05) is 18.2 Å². The predicted octanol–water partition coefficient (Wildman–Crippen LogP) is 5.17. The largest absolute Gasteiger partial charge is 0.394 e. The molecule has 3 rings (SSSR count). The summed E-state index contributed by atoms with van der Waals surface area (Å²) in [5.74, 6) is 0.726. The molecule has 1 N–H and O–H groups in total. The molecule has 3 aromatic heterocycles. The minimum absolute atomic E-state index is 0.104. The molecule has 9 heteroatoms. The first kappa shape index (κ1) is 21.9. The normalized spacial score (nSPS) is 12.5. The average molecular weight is 422 g/mol. The number of halogens is 3. The third-order valence-electron chi connectivity index (χ3n) is 4.54. The number of carbonyl (C=O) groups excluding carboxylic acids is 1. The van der Waals surface area contributed by atoms with Gasteiger partial charge in [0.2, 0.25) is 5.91 Å². The van der Waals surface area contributed by atoms with Gasteiger partial charge in [-0.05, 0) is 37.0 Å². The van der Waals surface area contributed by atoms with E-state index in [2.05, 4.69) is 15.5 Å². The van der Waals surface area contributed by atoms with E-state index in [9.17, 15) is 18.0 Å². The lowest BCUT2D eigenvalue weighted by Crippen LogP contribution is -2.20. The smallest absolute Gasteiger partial charge is 0.359 e. The maximum Gasteiger partial charge on any atom is 0.394 e. The van der Waals surface area contributed by atoms with Crippen LogP contribution in [-0.4, -0.2) is 26.8 Å². The Hall–Kier alpha value is -2.84. The van der Waals surface area contributed by atoms with Crippen molar-refractivity contribution in [2.24, 2.45) is 5.41 Å². The Morgan fingerprint density at radius 3 is 2.50 bits per heavy atom. The van der Waals surface area contributed by atoms with Crippen molar-refractivity contribution < 1.29 is 22.5 Å². The highest BCUT2D eigenvalue weighted by molar-refractivity contribution is 5.92. The molecule has 0 bridgehead atoms. The van der Waals surface area contributed by atoms with E-state index in [1.54, 1.807) is 0 Å². The molecule has 3 heterocycles. The van der Waals surface area contributed by atoms with Crippen molar-refractivity contribution in [3.05, 3.63) is 40.9 Å². The summed E-state index contributed by atoms with van der Waals surface area (Å²) in [7, 11) is 0. The Morgan fingerprint density at radius 1 is 1.17 bits per heavy atom. The summed E-state index contributed by atoms with van der Waals surface area (Å²) >= 11 is 0. The first-order valence-electron chi connectivity index (χ1n) is 9.59. The lowest BCUT2D eigenvalue weighted by atomic mass is 9.92. The molecule has 0 aromatic carbocycles. The number of nitrogens with zero attached hydrogens (tertiary/aromatic N) is 3. The van der Waals surface area contributed by atoms with Crippen LogP contribution in [0.2, 0.25) is 0 Å². The van der Waals surface area contributed by atoms with Crippen molar-refractivity contribution in [1.29, 1.82) is 0 Å². The highest BCUT2D eigenvalue weighted by Crippen LogP contribution is 2.26. The maximum atomic E-state index is 12.5. The molecule has 162 valence electrons. The number of amides is 1. The fourth-order valence-corrected chi connectivity index (χ4v) is 3.27. The second-order valence-corrected chi connectivity index (χ2v) is 8.79. The lowest BCUT2D eigenvalue weighted by molar-refractivity contribution is -0.128. The maximum absolute atomic E-state index is 12.5. The van der Waals surface area contributed by atoms with Crippen LogP contribution >= 0.6 is 0 Å². The Labute approximate surface area is 172 Å². The quantitative estimate of drug-likeness (QED) is 0.616. The van der Waals surface area contributed by atoms with Gasteiger partial charge in [0.25, 0.3) is 0 Å². The molecule has 0 fully saturated rings. The molecule has 0 spiro atoms. The highest BCUT2D eigenvalue weighted by atomic mass is 19.4. The average Bonchev–Trinajstić information content (AvgIpc) is 3.10. The van der Waals surface area contributed by atoms with Crippen LogP contribution < -0.4 is 5.32 Å². The van der Waals surface area contributed by atoms with E-state index in [1.807, 2.05) is 51.3 Å². The topological polar surface area (TPSA) is 73.0 Å². The van der Waals surface area contributed by atoms with Crippen LogP contribution in [0, 0.1) is 19.3 Å². The van der Waals surface area contributed by atoms with Crippen molar-refractivity contribution in [3.63, 3.8) is 0 Å². The van der Waals surface area contributed by atoms with Crippen molar-refractivity contribution in [3.8, 4) is 0 Å². The summed E-state index contributed by atoms with van der Waals surface area (Å²) in [6.07, 6.45) is -5.09. The van der Waals surface area contributed by atoms with Gasteiger partial charge in [0.05, 0.1) is 29.7 Å². The van der Waals surface area contributed by atoms with Crippen molar-refractivity contribution in [2.75, 3.05) is 5.32 Å². The zero-order valence-electron chi connectivity index (χ0n) is 17.6. The Morgan fingerprint density at radius 2 is 1.87 bits per heavy atom. The predicted molar refractivity (Wildman–Crippen MR) is 107 cm³/mol. The molecular formula is C21H25F3N4O2. The Kier molecular flexibility index (Phi) is 5.66. The van der Waals surface area contributed by atoms with Crippen LogP contribution in [0.25, 0.3) is 11.0 Å². The van der Waals surface area contributed by atoms with Crippen molar-refractivity contribution >= 4 is 22.8 Å². The number of carbonyl (C=O) groups is 1. The first-order chi connectivity index (χ1) is 13.8. The summed E-state index contributed by atoms with van der Waals surface area (Å²) in [6, 6.07) is 5.08. The van der Waals surface area contributed by atoms with Crippen LogP contribution in [0.1, 0.15) is 49.9 Å². The van der Waals surface area contributed by atoms with E-state index in [1.165, 1.54) is 6.07 Å². The number of fused-ring (bicyclic) bond motifs is 1. The van der Waals surface area contributed by atoms with Gasteiger partial charge >= 0.3 is 6.18 Å². The number of aryl methyl sites for hydroxylation is 2. The third-order valence-corrected chi connectivity index (χ3v) is 4.54. The Bertz CT molecular complexity index is 1070. The van der Waals surface area contributed by atoms with E-state index in [0.717, 1.165) is 16.8 Å². The van der Waals surface area contributed by atoms with Gasteiger partial charge in [-0.3, -0.25) is 4.79 Å². The standard InChI is InChI=1S/C21H25F3N4O2/c1-12-6-17-16(25-19(12)26-18(29)10-20(3,4)5)7-13(2)28(17)11-15-8-14(27-30-15)9-21(22,23)24/h6-8H,9-11H2,1-5H3,(H,25,26,29). The molecular weight excluding hydrogens is 397 g/mol. The van der Waals surface area contributed by atoms with Gasteiger partial charge in [-0.2, -0.15) is 13.2 Å². The van der Waals surface area contributed by atoms with E-state index < -0.39 is 12.6 Å². The fourth-order valence-electron chi connectivity index (χ4n) is 3.27. The van der Waals surface area contributed by atoms with Gasteiger partial charge < -0.3 is 14.4 Å². The van der Waals surface area contributed by atoms with E-state index in [4.69, 9.17) is 4.52 Å². The summed E-state index contributed by atoms with van der Waals surface area (Å²) in [6.45, 7) is 9.93. The summed E-state index contributed by atoms with van der Waals surface area (Å²) in [5.41, 5.74) is 2.85. The molecule has 0 unspecified atom stereocenters. The second kappa shape index (κ2) is 7.77. The molecule has 6 nitrogen and oxygen atoms in total. The fraction of sp³-hybridized carbons (Fsp3) is 0.476. The van der Waals surface area contributed by atoms with Crippen LogP contribution in [0.15, 0.2) is 22.7 Å². The zero-order chi connectivity index (χ0) is 22.3. The number of hydrogen-bond donors (Lipinski definition) is 1. The van der Waals surface area contributed by atoms with Gasteiger partial charge in [0.1, 0.15) is 5.82 Å². The number of hydrogen-bond acceptors (Lipinski definition) is 4. The van der Waals surface area contributed by atoms with E-state index >= 15 is 0 Å². The second-order valence-electron chi connectivity index (χ2n) is 8.79. The van der Waals surface area contributed by atoms with E-state index in [-0.39, 0.29) is 23.6 Å². The van der Waals surface area contributed by atoms with Crippen molar-refractivity contribution in [2.45, 2.75) is 60.2 Å². The molecule has 0 atom stereocenters. The summed E-state index contributed by atoms with van der Waals surface area (Å²) in [5, 5.41) is 6.38. The molecule has 0 saturated heterocycles. The lowest BCUT2D eigenvalue weighted by Gasteiger charge is -2.17. The number of alkyl halides is 3. The number of rotatable bonds is 5. The number of nitrogens with one attached hydrogen (secondary N) is 1. The first-order valence-corrected chi connectivity index (χ1v) is 9.59. The highest BCUT2D eigenvalue weighted by Gasteiger charge is 2.29.